The van der Waals surface area contributed by atoms with Gasteiger partial charge in [0.05, 0.1) is 5.52 Å². The molecule has 2 nitrogen and oxygen atoms in total. The number of aromatic nitrogens is 2. The van der Waals surface area contributed by atoms with Gasteiger partial charge in [0.1, 0.15) is 0 Å². The molecule has 1 aromatic carbocycles. The zero-order valence-electron chi connectivity index (χ0n) is 12.6. The van der Waals surface area contributed by atoms with Crippen molar-refractivity contribution in [3.8, 4) is 0 Å². The first-order chi connectivity index (χ1) is 8.10. The molecule has 0 saturated heterocycles. The number of H-pyrrole nitrogens is 1. The molecule has 0 aliphatic rings. The van der Waals surface area contributed by atoms with E-state index in [0.29, 0.717) is 0 Å². The molecule has 1 N–H and O–H groups in total. The van der Waals surface area contributed by atoms with Gasteiger partial charge >= 0.3 is 0 Å². The largest absolute Gasteiger partial charge is 0.282 e. The predicted octanol–water partition coefficient (Wildman–Crippen LogP) is 4.47. The second-order valence-corrected chi connectivity index (χ2v) is 7.26. The number of fused-ring (bicyclic) bond motifs is 1. The van der Waals surface area contributed by atoms with E-state index in [1.807, 2.05) is 0 Å². The Hall–Kier alpha value is -1.31. The van der Waals surface area contributed by atoms with Crippen LogP contribution in [0, 0.1) is 6.92 Å². The topological polar surface area (TPSA) is 28.7 Å². The van der Waals surface area contributed by atoms with E-state index >= 15 is 0 Å². The summed E-state index contributed by atoms with van der Waals surface area (Å²) in [6, 6.07) is 4.56. The summed E-state index contributed by atoms with van der Waals surface area (Å²) in [7, 11) is 0. The number of benzene rings is 1. The molecular formula is C16H24N2. The van der Waals surface area contributed by atoms with Gasteiger partial charge in [0, 0.05) is 11.1 Å². The van der Waals surface area contributed by atoms with Crippen molar-refractivity contribution in [1.29, 1.82) is 0 Å². The van der Waals surface area contributed by atoms with E-state index in [9.17, 15) is 0 Å². The lowest BCUT2D eigenvalue weighted by molar-refractivity contribution is 0.531. The van der Waals surface area contributed by atoms with Crippen LogP contribution in [-0.2, 0) is 10.8 Å². The third kappa shape index (κ3) is 2.16. The molecule has 0 fully saturated rings. The molecule has 0 spiro atoms. The highest BCUT2D eigenvalue weighted by Crippen LogP contribution is 2.36. The molecule has 0 atom stereocenters. The Bertz CT molecular complexity index is 577. The zero-order valence-corrected chi connectivity index (χ0v) is 12.6. The Labute approximate surface area is 110 Å². The smallest absolute Gasteiger partial charge is 0.0926 e. The van der Waals surface area contributed by atoms with Crippen molar-refractivity contribution in [3.63, 3.8) is 0 Å². The summed E-state index contributed by atoms with van der Waals surface area (Å²) in [6.45, 7) is 15.7. The van der Waals surface area contributed by atoms with Gasteiger partial charge in [-0.25, -0.2) is 0 Å². The first-order valence-electron chi connectivity index (χ1n) is 6.60. The normalized spacial score (nSPS) is 13.3. The van der Waals surface area contributed by atoms with Crippen LogP contribution in [0.2, 0.25) is 0 Å². The van der Waals surface area contributed by atoms with E-state index in [4.69, 9.17) is 0 Å². The van der Waals surface area contributed by atoms with Gasteiger partial charge in [-0.2, -0.15) is 5.10 Å². The van der Waals surface area contributed by atoms with Crippen molar-refractivity contribution in [2.45, 2.75) is 59.3 Å². The fourth-order valence-electron chi connectivity index (χ4n) is 2.43. The van der Waals surface area contributed by atoms with Crippen molar-refractivity contribution < 1.29 is 0 Å². The van der Waals surface area contributed by atoms with Crippen LogP contribution in [0.1, 0.15) is 58.4 Å². The van der Waals surface area contributed by atoms with Gasteiger partial charge in [0.15, 0.2) is 0 Å². The van der Waals surface area contributed by atoms with Crippen LogP contribution in [0.5, 0.6) is 0 Å². The highest BCUT2D eigenvalue weighted by Gasteiger charge is 2.26. The van der Waals surface area contributed by atoms with Crippen molar-refractivity contribution >= 4 is 10.9 Å². The Balaban J connectivity index is 2.82. The van der Waals surface area contributed by atoms with E-state index in [1.165, 1.54) is 16.5 Å². The first-order valence-corrected chi connectivity index (χ1v) is 6.60. The van der Waals surface area contributed by atoms with Crippen LogP contribution in [0.15, 0.2) is 12.1 Å². The van der Waals surface area contributed by atoms with Gasteiger partial charge < -0.3 is 0 Å². The van der Waals surface area contributed by atoms with Gasteiger partial charge in [-0.05, 0) is 41.0 Å². The molecule has 1 heterocycles. The summed E-state index contributed by atoms with van der Waals surface area (Å²) in [4.78, 5) is 0. The molecule has 18 heavy (non-hydrogen) atoms. The van der Waals surface area contributed by atoms with Gasteiger partial charge in [-0.15, -0.1) is 0 Å². The minimum atomic E-state index is 0.143. The van der Waals surface area contributed by atoms with E-state index < -0.39 is 0 Å². The second-order valence-electron chi connectivity index (χ2n) is 7.26. The van der Waals surface area contributed by atoms with E-state index in [1.54, 1.807) is 0 Å². The first kappa shape index (κ1) is 13.1. The molecular weight excluding hydrogens is 220 g/mol. The third-order valence-electron chi connectivity index (χ3n) is 3.50. The number of hydrogen-bond donors (Lipinski definition) is 1. The molecule has 0 aliphatic carbocycles. The molecule has 2 aromatic rings. The average molecular weight is 244 g/mol. The molecule has 0 amide bonds. The lowest BCUT2D eigenvalue weighted by Crippen LogP contribution is -2.21. The van der Waals surface area contributed by atoms with Crippen LogP contribution in [-0.4, -0.2) is 10.2 Å². The quantitative estimate of drug-likeness (QED) is 0.728. The van der Waals surface area contributed by atoms with E-state index in [-0.39, 0.29) is 10.8 Å². The van der Waals surface area contributed by atoms with Gasteiger partial charge in [0.2, 0.25) is 0 Å². The maximum Gasteiger partial charge on any atom is 0.0926 e. The summed E-state index contributed by atoms with van der Waals surface area (Å²) in [5.41, 5.74) is 5.34. The highest BCUT2D eigenvalue weighted by molar-refractivity contribution is 5.83. The van der Waals surface area contributed by atoms with Gasteiger partial charge in [0.25, 0.3) is 0 Å². The minimum Gasteiger partial charge on any atom is -0.282 e. The van der Waals surface area contributed by atoms with Crippen molar-refractivity contribution in [1.82, 2.24) is 10.2 Å². The Kier molecular flexibility index (Phi) is 2.80. The molecule has 2 heteroatoms. The van der Waals surface area contributed by atoms with Gasteiger partial charge in [-0.1, -0.05) is 41.5 Å². The Morgan fingerprint density at radius 3 is 1.89 bits per heavy atom. The van der Waals surface area contributed by atoms with Crippen LogP contribution in [0.4, 0.5) is 0 Å². The predicted molar refractivity (Wildman–Crippen MR) is 78.2 cm³/mol. The fourth-order valence-corrected chi connectivity index (χ4v) is 2.43. The number of nitrogens with zero attached hydrogens (tertiary/aromatic N) is 1. The summed E-state index contributed by atoms with van der Waals surface area (Å²) >= 11 is 0. The highest BCUT2D eigenvalue weighted by atomic mass is 15.1. The molecule has 0 aliphatic heterocycles. The minimum absolute atomic E-state index is 0.143. The number of aryl methyl sites for hydroxylation is 1. The van der Waals surface area contributed by atoms with E-state index in [0.717, 1.165) is 11.2 Å². The zero-order chi connectivity index (χ0) is 13.7. The summed E-state index contributed by atoms with van der Waals surface area (Å²) in [5.74, 6) is 0. The maximum absolute atomic E-state index is 4.39. The molecule has 0 unspecified atom stereocenters. The van der Waals surface area contributed by atoms with E-state index in [2.05, 4.69) is 70.8 Å². The van der Waals surface area contributed by atoms with Crippen LogP contribution >= 0.6 is 0 Å². The van der Waals surface area contributed by atoms with Crippen molar-refractivity contribution in [3.05, 3.63) is 29.0 Å². The fraction of sp³-hybridized carbons (Fsp3) is 0.562. The number of nitrogens with one attached hydrogen (secondary N) is 1. The number of aromatic amines is 1. The third-order valence-corrected chi connectivity index (χ3v) is 3.50. The molecule has 1 aromatic heterocycles. The molecule has 2 rings (SSSR count). The molecule has 0 saturated carbocycles. The SMILES string of the molecule is Cc1[nH]nc2cc(C(C)(C)C)c(C(C)(C)C)cc12. The van der Waals surface area contributed by atoms with Crippen molar-refractivity contribution in [2.75, 3.05) is 0 Å². The molecule has 0 bridgehead atoms. The molecule has 98 valence electrons. The Morgan fingerprint density at radius 2 is 1.39 bits per heavy atom. The van der Waals surface area contributed by atoms with Gasteiger partial charge in [-0.3, -0.25) is 5.10 Å². The second kappa shape index (κ2) is 3.84. The van der Waals surface area contributed by atoms with Crippen LogP contribution < -0.4 is 0 Å². The lowest BCUT2D eigenvalue weighted by Gasteiger charge is -2.30. The van der Waals surface area contributed by atoms with Crippen LogP contribution in [0.3, 0.4) is 0 Å². The Morgan fingerprint density at radius 1 is 0.889 bits per heavy atom. The molecule has 0 radical (unpaired) electrons. The monoisotopic (exact) mass is 244 g/mol. The van der Waals surface area contributed by atoms with Crippen molar-refractivity contribution in [2.24, 2.45) is 0 Å². The summed E-state index contributed by atoms with van der Waals surface area (Å²) in [6.07, 6.45) is 0. The van der Waals surface area contributed by atoms with Crippen LogP contribution in [0.25, 0.3) is 10.9 Å². The maximum atomic E-state index is 4.39. The lowest BCUT2D eigenvalue weighted by atomic mass is 9.75. The summed E-state index contributed by atoms with van der Waals surface area (Å²) < 4.78 is 0. The standard InChI is InChI=1S/C16H24N2/c1-10-11-8-12(15(2,3)4)13(16(5,6)7)9-14(11)18-17-10/h8-9H,1-7H3,(H,17,18). The summed E-state index contributed by atoms with van der Waals surface area (Å²) in [5, 5.41) is 8.72. The number of hydrogen-bond acceptors (Lipinski definition) is 1. The number of rotatable bonds is 0. The average Bonchev–Trinajstić information content (AvgIpc) is 2.56.